The molecule has 0 radical (unpaired) electrons. The van der Waals surface area contributed by atoms with E-state index in [0.717, 1.165) is 6.42 Å². The van der Waals surface area contributed by atoms with E-state index in [1.54, 1.807) is 0 Å². The van der Waals surface area contributed by atoms with Crippen molar-refractivity contribution in [2.45, 2.75) is 103 Å². The molecule has 0 aliphatic rings. The molecule has 2 nitrogen and oxygen atoms in total. The third-order valence-electron chi connectivity index (χ3n) is 3.82. The quantitative estimate of drug-likeness (QED) is 0.481. The summed E-state index contributed by atoms with van der Waals surface area (Å²) in [7, 11) is 0. The zero-order valence-electron chi connectivity index (χ0n) is 12.8. The molecule has 4 N–H and O–H groups in total. The SMILES string of the molecule is CCCCCCCCCCCCCC(N)C(C)N. The van der Waals surface area contributed by atoms with E-state index in [1.165, 1.54) is 70.6 Å². The summed E-state index contributed by atoms with van der Waals surface area (Å²) in [6, 6.07) is 0.344. The van der Waals surface area contributed by atoms with Gasteiger partial charge in [0, 0.05) is 12.1 Å². The van der Waals surface area contributed by atoms with Gasteiger partial charge in [0.1, 0.15) is 0 Å². The normalized spacial score (nSPS) is 14.7. The van der Waals surface area contributed by atoms with E-state index in [4.69, 9.17) is 11.5 Å². The number of nitrogens with two attached hydrogens (primary N) is 2. The Morgan fingerprint density at radius 3 is 1.44 bits per heavy atom. The highest BCUT2D eigenvalue weighted by atomic mass is 14.8. The molecule has 0 spiro atoms. The molecular weight excluding hydrogens is 220 g/mol. The first kappa shape index (κ1) is 17.9. The van der Waals surface area contributed by atoms with Crippen LogP contribution in [0.2, 0.25) is 0 Å². The van der Waals surface area contributed by atoms with Gasteiger partial charge in [-0.05, 0) is 13.3 Å². The maximum Gasteiger partial charge on any atom is 0.0189 e. The molecule has 2 heteroatoms. The van der Waals surface area contributed by atoms with Crippen molar-refractivity contribution in [2.75, 3.05) is 0 Å². The van der Waals surface area contributed by atoms with Crippen molar-refractivity contribution in [2.24, 2.45) is 11.5 Å². The molecule has 0 amide bonds. The molecule has 0 saturated carbocycles. The molecule has 0 heterocycles. The fourth-order valence-electron chi connectivity index (χ4n) is 2.31. The summed E-state index contributed by atoms with van der Waals surface area (Å²) in [6.45, 7) is 4.28. The van der Waals surface area contributed by atoms with Crippen LogP contribution in [0.1, 0.15) is 90.9 Å². The second-order valence-corrected chi connectivity index (χ2v) is 5.85. The van der Waals surface area contributed by atoms with Crippen LogP contribution in [-0.4, -0.2) is 12.1 Å². The number of hydrogen-bond acceptors (Lipinski definition) is 2. The Morgan fingerprint density at radius 2 is 1.06 bits per heavy atom. The Balaban J connectivity index is 3.03. The first-order valence-electron chi connectivity index (χ1n) is 8.19. The molecule has 2 unspecified atom stereocenters. The fourth-order valence-corrected chi connectivity index (χ4v) is 2.31. The van der Waals surface area contributed by atoms with Crippen molar-refractivity contribution in [1.29, 1.82) is 0 Å². The van der Waals surface area contributed by atoms with E-state index < -0.39 is 0 Å². The van der Waals surface area contributed by atoms with Gasteiger partial charge in [0.05, 0.1) is 0 Å². The molecular formula is C16H36N2. The summed E-state index contributed by atoms with van der Waals surface area (Å²) in [5.41, 5.74) is 11.7. The lowest BCUT2D eigenvalue weighted by atomic mass is 10.0. The van der Waals surface area contributed by atoms with Gasteiger partial charge in [-0.25, -0.2) is 0 Å². The minimum absolute atomic E-state index is 0.146. The second kappa shape index (κ2) is 13.4. The lowest BCUT2D eigenvalue weighted by molar-refractivity contribution is 0.481. The smallest absolute Gasteiger partial charge is 0.0189 e. The monoisotopic (exact) mass is 256 g/mol. The molecule has 110 valence electrons. The first-order valence-corrected chi connectivity index (χ1v) is 8.19. The molecule has 2 atom stereocenters. The van der Waals surface area contributed by atoms with E-state index >= 15 is 0 Å². The second-order valence-electron chi connectivity index (χ2n) is 5.85. The summed E-state index contributed by atoms with van der Waals surface area (Å²) in [5, 5.41) is 0. The zero-order valence-corrected chi connectivity index (χ0v) is 12.8. The molecule has 0 aromatic carbocycles. The maximum atomic E-state index is 5.91. The van der Waals surface area contributed by atoms with Gasteiger partial charge in [-0.15, -0.1) is 0 Å². The number of hydrogen-bond donors (Lipinski definition) is 2. The maximum absolute atomic E-state index is 5.91. The topological polar surface area (TPSA) is 52.0 Å². The van der Waals surface area contributed by atoms with Gasteiger partial charge < -0.3 is 11.5 Å². The third kappa shape index (κ3) is 12.4. The van der Waals surface area contributed by atoms with Gasteiger partial charge in [0.2, 0.25) is 0 Å². The van der Waals surface area contributed by atoms with Gasteiger partial charge >= 0.3 is 0 Å². The van der Waals surface area contributed by atoms with Gasteiger partial charge in [0.15, 0.2) is 0 Å². The zero-order chi connectivity index (χ0) is 13.6. The van der Waals surface area contributed by atoms with Crippen molar-refractivity contribution >= 4 is 0 Å². The summed E-state index contributed by atoms with van der Waals surface area (Å²) >= 11 is 0. The van der Waals surface area contributed by atoms with E-state index in [2.05, 4.69) is 6.92 Å². The average Bonchev–Trinajstić information content (AvgIpc) is 2.35. The number of rotatable bonds is 13. The lowest BCUT2D eigenvalue weighted by Crippen LogP contribution is -2.38. The molecule has 0 aromatic rings. The molecule has 0 aliphatic carbocycles. The largest absolute Gasteiger partial charge is 0.327 e. The predicted octanol–water partition coefficient (Wildman–Crippen LogP) is 4.36. The van der Waals surface area contributed by atoms with Crippen molar-refractivity contribution in [1.82, 2.24) is 0 Å². The van der Waals surface area contributed by atoms with E-state index in [-0.39, 0.29) is 12.1 Å². The van der Waals surface area contributed by atoms with Crippen LogP contribution in [0, 0.1) is 0 Å². The molecule has 0 bridgehead atoms. The summed E-state index contributed by atoms with van der Waals surface area (Å²) < 4.78 is 0. The standard InChI is InChI=1S/C16H36N2/c1-3-4-5-6-7-8-9-10-11-12-13-14-16(18)15(2)17/h15-16H,3-14,17-18H2,1-2H3. The third-order valence-corrected chi connectivity index (χ3v) is 3.82. The van der Waals surface area contributed by atoms with Crippen molar-refractivity contribution < 1.29 is 0 Å². The highest BCUT2D eigenvalue weighted by Gasteiger charge is 2.06. The molecule has 0 rings (SSSR count). The molecule has 0 saturated heterocycles. The average molecular weight is 256 g/mol. The Kier molecular flexibility index (Phi) is 13.3. The van der Waals surface area contributed by atoms with Crippen LogP contribution in [0.3, 0.4) is 0 Å². The van der Waals surface area contributed by atoms with E-state index in [9.17, 15) is 0 Å². The van der Waals surface area contributed by atoms with Gasteiger partial charge in [0.25, 0.3) is 0 Å². The van der Waals surface area contributed by atoms with Crippen LogP contribution in [0.15, 0.2) is 0 Å². The Morgan fingerprint density at radius 1 is 0.667 bits per heavy atom. The summed E-state index contributed by atoms with van der Waals surface area (Å²) in [4.78, 5) is 0. The Labute approximate surface area is 115 Å². The minimum atomic E-state index is 0.146. The molecule has 0 fully saturated rings. The van der Waals surface area contributed by atoms with Gasteiger partial charge in [-0.1, -0.05) is 77.6 Å². The lowest BCUT2D eigenvalue weighted by Gasteiger charge is -2.14. The van der Waals surface area contributed by atoms with Crippen LogP contribution in [0.4, 0.5) is 0 Å². The van der Waals surface area contributed by atoms with Crippen LogP contribution in [0.25, 0.3) is 0 Å². The van der Waals surface area contributed by atoms with Crippen molar-refractivity contribution in [3.63, 3.8) is 0 Å². The molecule has 0 aromatic heterocycles. The minimum Gasteiger partial charge on any atom is -0.327 e. The number of unbranched alkanes of at least 4 members (excludes halogenated alkanes) is 10. The summed E-state index contributed by atoms with van der Waals surface area (Å²) in [6.07, 6.45) is 16.4. The summed E-state index contributed by atoms with van der Waals surface area (Å²) in [5.74, 6) is 0. The highest BCUT2D eigenvalue weighted by molar-refractivity contribution is 4.70. The van der Waals surface area contributed by atoms with Crippen LogP contribution < -0.4 is 11.5 Å². The van der Waals surface area contributed by atoms with Crippen molar-refractivity contribution in [3.8, 4) is 0 Å². The predicted molar refractivity (Wildman–Crippen MR) is 82.7 cm³/mol. The van der Waals surface area contributed by atoms with Crippen molar-refractivity contribution in [3.05, 3.63) is 0 Å². The molecule has 18 heavy (non-hydrogen) atoms. The Hall–Kier alpha value is -0.0800. The van der Waals surface area contributed by atoms with Gasteiger partial charge in [-0.2, -0.15) is 0 Å². The van der Waals surface area contributed by atoms with E-state index in [0.29, 0.717) is 0 Å². The van der Waals surface area contributed by atoms with Crippen LogP contribution in [0.5, 0.6) is 0 Å². The highest BCUT2D eigenvalue weighted by Crippen LogP contribution is 2.12. The van der Waals surface area contributed by atoms with Gasteiger partial charge in [-0.3, -0.25) is 0 Å². The Bertz CT molecular complexity index is 157. The fraction of sp³-hybridized carbons (Fsp3) is 1.00. The first-order chi connectivity index (χ1) is 8.68. The van der Waals surface area contributed by atoms with E-state index in [1.807, 2.05) is 6.92 Å². The molecule has 0 aliphatic heterocycles. The van der Waals surface area contributed by atoms with Crippen LogP contribution >= 0.6 is 0 Å². The van der Waals surface area contributed by atoms with Crippen LogP contribution in [-0.2, 0) is 0 Å².